The van der Waals surface area contributed by atoms with Crippen LogP contribution in [0.2, 0.25) is 0 Å². The van der Waals surface area contributed by atoms with Crippen LogP contribution >= 0.6 is 39.2 Å². The van der Waals surface area contributed by atoms with Gasteiger partial charge in [0.15, 0.2) is 18.9 Å². The molecule has 10 unspecified atom stereocenters. The summed E-state index contributed by atoms with van der Waals surface area (Å²) in [6.45, 7) is -13.6. The molecule has 3 amide bonds. The Bertz CT molecular complexity index is 2760. The molecule has 15 N–H and O–H groups in total. The smallest absolute Gasteiger partial charge is 0.429 e. The number of rotatable bonds is 61. The summed E-state index contributed by atoms with van der Waals surface area (Å²) in [4.78, 5) is 80.2. The van der Waals surface area contributed by atoms with Crippen LogP contribution in [-0.2, 0) is 149 Å². The van der Waals surface area contributed by atoms with Crippen LogP contribution in [0, 0.1) is 5.41 Å². The lowest BCUT2D eigenvalue weighted by Gasteiger charge is -2.42. The molecule has 3 aliphatic rings. The van der Waals surface area contributed by atoms with E-state index in [9.17, 15) is 84.4 Å². The third-order valence-corrected chi connectivity index (χ3v) is 22.9. The monoisotopic (exact) mass is 1750 g/mol. The van der Waals surface area contributed by atoms with Gasteiger partial charge < -0.3 is 160 Å². The maximum absolute atomic E-state index is 12.8. The Balaban J connectivity index is 1.34. The first-order valence-corrected chi connectivity index (χ1v) is 46.8. The van der Waals surface area contributed by atoms with E-state index in [1.807, 2.05) is 0 Å². The summed E-state index contributed by atoms with van der Waals surface area (Å²) >= 11 is 19.7. The molecule has 1 aromatic rings. The number of nitrogens with one attached hydrogen (secondary N) is 3. The SMILES string of the molecule is CC(=O)NC1[C@H](OCCCCOP(O)(=S)OCCCOCC(COCCCCCCOP(=O)(S)OC(=O)OCc2ccccc2)(COCCCOP(O)(=S)OCCCCO[C@@H]2OC(CO)[C@@H](O)[C@H](O)C2NC(C)=O)COCCCOP(O)(=S)OCCCCO[C@@H]2OC(CO)[C@H](O)[C@H](O)C2NC(C)=O)OC(CO)[C@@H](O)[C@@H]1O. The number of amides is 3. The molecule has 111 heavy (non-hydrogen) atoms. The second-order valence-corrected chi connectivity index (χ2v) is 37.4. The number of hydrogen-bond acceptors (Lipinski definition) is 36. The van der Waals surface area contributed by atoms with Gasteiger partial charge in [-0.2, -0.15) is 0 Å². The van der Waals surface area contributed by atoms with Crippen LogP contribution < -0.4 is 16.0 Å². The summed E-state index contributed by atoms with van der Waals surface area (Å²) in [5.74, 6) is -1.53. The summed E-state index contributed by atoms with van der Waals surface area (Å²) in [7, 11) is 0. The van der Waals surface area contributed by atoms with Crippen molar-refractivity contribution in [3.8, 4) is 0 Å². The average Bonchev–Trinajstić information content (AvgIpc) is 0.818. The molecule has 0 aromatic heterocycles. The highest BCUT2D eigenvalue weighted by molar-refractivity contribution is 8.44. The van der Waals surface area contributed by atoms with E-state index in [0.717, 1.165) is 0 Å². The van der Waals surface area contributed by atoms with E-state index in [4.69, 9.17) is 124 Å². The summed E-state index contributed by atoms with van der Waals surface area (Å²) in [5.41, 5.74) is -0.350. The van der Waals surface area contributed by atoms with Gasteiger partial charge in [-0.15, -0.1) is 0 Å². The highest BCUT2D eigenvalue weighted by Crippen LogP contribution is 2.53. The van der Waals surface area contributed by atoms with E-state index in [2.05, 4.69) is 28.2 Å². The second-order valence-electron chi connectivity index (χ2n) is 26.0. The van der Waals surface area contributed by atoms with Gasteiger partial charge in [-0.1, -0.05) is 43.2 Å². The first-order chi connectivity index (χ1) is 52.8. The molecule has 0 spiro atoms. The fourth-order valence-corrected chi connectivity index (χ4v) is 15.7. The number of aliphatic hydroxyl groups excluding tert-OH is 9. The van der Waals surface area contributed by atoms with Crippen molar-refractivity contribution in [3.63, 3.8) is 0 Å². The van der Waals surface area contributed by atoms with Crippen LogP contribution in [0.1, 0.15) is 110 Å². The first-order valence-electron chi connectivity index (χ1n) is 36.3. The van der Waals surface area contributed by atoms with Gasteiger partial charge in [0, 0.05) is 67.0 Å². The third kappa shape index (κ3) is 41.7. The van der Waals surface area contributed by atoms with Crippen molar-refractivity contribution in [2.24, 2.45) is 5.41 Å². The first kappa shape index (κ1) is 102. The molecule has 3 saturated heterocycles. The van der Waals surface area contributed by atoms with E-state index < -0.39 is 168 Å². The lowest BCUT2D eigenvalue weighted by molar-refractivity contribution is -0.270. The molecular weight excluding hydrogens is 1640 g/mol. The number of hydrogen-bond donors (Lipinski definition) is 16. The van der Waals surface area contributed by atoms with Gasteiger partial charge in [-0.05, 0) is 124 Å². The normalized spacial score (nSPS) is 27.0. The minimum Gasteiger partial charge on any atom is -0.429 e. The van der Waals surface area contributed by atoms with Crippen molar-refractivity contribution in [2.75, 3.05) is 139 Å². The van der Waals surface area contributed by atoms with E-state index in [1.165, 1.54) is 20.8 Å². The fraction of sp³-hybridized carbons (Fsp3) is 0.844. The van der Waals surface area contributed by atoms with Crippen LogP contribution in [0.25, 0.3) is 0 Å². The van der Waals surface area contributed by atoms with E-state index in [0.29, 0.717) is 69.8 Å². The van der Waals surface area contributed by atoms with Crippen molar-refractivity contribution in [3.05, 3.63) is 35.9 Å². The molecule has 4 rings (SSSR count). The van der Waals surface area contributed by atoms with E-state index in [1.54, 1.807) is 30.3 Å². The average molecular weight is 1750 g/mol. The lowest BCUT2D eigenvalue weighted by atomic mass is 9.92. The summed E-state index contributed by atoms with van der Waals surface area (Å²) in [5, 5.41) is 98.9. The highest BCUT2D eigenvalue weighted by Gasteiger charge is 2.48. The molecule has 3 aliphatic heterocycles. The molecule has 0 aliphatic carbocycles. The summed E-state index contributed by atoms with van der Waals surface area (Å²) < 4.78 is 120. The Hall–Kier alpha value is -1.73. The van der Waals surface area contributed by atoms with Crippen LogP contribution in [0.15, 0.2) is 30.3 Å². The third-order valence-electron chi connectivity index (χ3n) is 16.5. The van der Waals surface area contributed by atoms with Gasteiger partial charge in [0.2, 0.25) is 17.7 Å². The maximum atomic E-state index is 12.8. The Morgan fingerprint density at radius 1 is 0.423 bits per heavy atom. The van der Waals surface area contributed by atoms with Crippen LogP contribution in [-0.4, -0.2) is 315 Å². The van der Waals surface area contributed by atoms with Crippen molar-refractivity contribution >= 4 is 98.5 Å². The Kier molecular flexibility index (Phi) is 50.5. The zero-order valence-corrected chi connectivity index (χ0v) is 69.3. The lowest BCUT2D eigenvalue weighted by Crippen LogP contribution is -2.64. The number of carbonyl (C=O) groups is 4. The van der Waals surface area contributed by atoms with Gasteiger partial charge in [0.05, 0.1) is 97.9 Å². The van der Waals surface area contributed by atoms with E-state index >= 15 is 0 Å². The second kappa shape index (κ2) is 55.2. The largest absolute Gasteiger partial charge is 0.515 e. The predicted molar refractivity (Wildman–Crippen MR) is 405 cm³/mol. The van der Waals surface area contributed by atoms with Gasteiger partial charge >= 0.3 is 33.1 Å². The van der Waals surface area contributed by atoms with Crippen molar-refractivity contribution in [1.82, 2.24) is 16.0 Å². The minimum atomic E-state index is -4.09. The zero-order chi connectivity index (χ0) is 81.9. The van der Waals surface area contributed by atoms with Gasteiger partial charge in [-0.3, -0.25) is 18.9 Å². The molecule has 0 radical (unpaired) electrons. The van der Waals surface area contributed by atoms with Gasteiger partial charge in [-0.25, -0.2) is 9.36 Å². The number of thiol groups is 1. The number of unbranched alkanes of at least 4 members (excludes halogenated alkanes) is 6. The standard InChI is InChI=1S/C64H115N3O36P4S4/c1-44(71)65-51-57(77)54(74)48(36-68)100-60(51)89-26-11-14-30-93-104(81,108)96-33-17-23-86-41-64(40-85-22-9-4-5-10-29-99-107(84,111)103-63(80)92-39-47-20-7-6-8-21-47,42-87-24-18-34-97-105(82,109)94-31-15-12-27-90-61-52(66-45(2)72)58(78)55(75)49(37-69)101-61)43-88-25-19-35-98-106(83,110)95-32-16-13-28-91-62-53(67-46(3)73)59(79)56(76)50(38-70)102-62/h6-8,20-21,48-62,68-70,74-79H,4-5,9-19,22-43H2,1-3H3,(H,65,71)(H,66,72)(H,67,73)(H,81,108)(H,82,109)(H,83,110)(H,84,111)/t48?,49?,50?,51?,52?,53?,54-,55-,56+,57-,58-,59-,60-,61-,62-,64?,104?,105?,106?,107?/m1/s1. The molecule has 3 heterocycles. The molecule has 39 nitrogen and oxygen atoms in total. The molecule has 47 heteroatoms. The topological polar surface area (TPSA) is 540 Å². The Labute approximate surface area is 666 Å². The summed E-state index contributed by atoms with van der Waals surface area (Å²) in [6, 6.07) is 5.43. The van der Waals surface area contributed by atoms with Crippen molar-refractivity contribution in [2.45, 2.75) is 203 Å². The fourth-order valence-electron chi connectivity index (χ4n) is 10.8. The molecule has 0 bridgehead atoms. The van der Waals surface area contributed by atoms with Crippen molar-refractivity contribution < 1.29 is 173 Å². The number of aliphatic hydroxyl groups is 9. The van der Waals surface area contributed by atoms with Crippen LogP contribution in [0.4, 0.5) is 4.79 Å². The minimum absolute atomic E-state index is 0.0105. The van der Waals surface area contributed by atoms with Crippen LogP contribution in [0.5, 0.6) is 0 Å². The molecule has 646 valence electrons. The molecular formula is C64H115N3O36P4S4. The quantitative estimate of drug-likeness (QED) is 0.0188. The Morgan fingerprint density at radius 2 is 0.703 bits per heavy atom. The number of ether oxygens (including phenoxy) is 11. The number of carbonyl (C=O) groups excluding carboxylic acids is 4. The zero-order valence-electron chi connectivity index (χ0n) is 62.4. The molecule has 19 atom stereocenters. The van der Waals surface area contributed by atoms with E-state index in [-0.39, 0.29) is 145 Å². The van der Waals surface area contributed by atoms with Gasteiger partial charge in [0.1, 0.15) is 79.7 Å². The maximum Gasteiger partial charge on any atom is 0.515 e. The molecule has 0 saturated carbocycles. The predicted octanol–water partition coefficient (Wildman–Crippen LogP) is 1.15. The molecule has 3 fully saturated rings. The van der Waals surface area contributed by atoms with Crippen LogP contribution in [0.3, 0.4) is 0 Å². The number of benzene rings is 1. The highest BCUT2D eigenvalue weighted by atomic mass is 32.7. The van der Waals surface area contributed by atoms with Gasteiger partial charge in [0.25, 0.3) is 0 Å². The Morgan fingerprint density at radius 3 is 1.02 bits per heavy atom. The van der Waals surface area contributed by atoms with Crippen molar-refractivity contribution in [1.29, 1.82) is 0 Å². The summed E-state index contributed by atoms with van der Waals surface area (Å²) in [6.07, 6.45) is -12.3. The molecule has 1 aromatic carbocycles.